The summed E-state index contributed by atoms with van der Waals surface area (Å²) >= 11 is 3.59. The summed E-state index contributed by atoms with van der Waals surface area (Å²) in [7, 11) is -22.8. The molecule has 4 saturated heterocycles. The number of rotatable bonds is 44. The van der Waals surface area contributed by atoms with Crippen molar-refractivity contribution in [1.29, 1.82) is 0 Å². The number of H-pyrrole nitrogens is 1. The number of nitrogens with two attached hydrogens (primary N) is 1. The summed E-state index contributed by atoms with van der Waals surface area (Å²) in [6.07, 6.45) is -25.3. The van der Waals surface area contributed by atoms with E-state index in [0.29, 0.717) is 69.9 Å². The molecule has 21 atom stereocenters. The fourth-order valence-electron chi connectivity index (χ4n) is 8.82. The molecule has 622 valence electrons. The van der Waals surface area contributed by atoms with Crippen molar-refractivity contribution in [2.45, 2.75) is 155 Å². The Labute approximate surface area is 607 Å². The maximum Gasteiger partial charge on any atom is 0.330 e. The third kappa shape index (κ3) is 38.0. The quantitative estimate of drug-likeness (QED) is 0.0164. The van der Waals surface area contributed by atoms with E-state index in [4.69, 9.17) is 78.6 Å². The van der Waals surface area contributed by atoms with Crippen LogP contribution in [0.1, 0.15) is 44.8 Å². The monoisotopic (exact) mass is 1650 g/mol. The standard InChI is InChI=1S/C23H39N3O20P2.C14H28NO12P.C8H17NO4S.C6H14NO8P/c27-5-1-6-40-8-9-41-7-3-15(30)24-16-19(33)17(31)12(10-28)44-22(16)45-48(38,39)46-47(36,37)42-11-13-18(32)20(34)21(43-13)26-4-2-14(29)25-23(26)35;16-3-1-4-24-6-7-25-5-2-10(18)15-11-13(20)12(19)9(8-17)26-14(11)27-28(21,22)23;10-3-1-4-12-6-7-13-5-2-8(11)9-14;7-3-5(10)4(9)2(1-8)14-6(3)15-16(11,12)13/h2,4,12-13,16-22,27-28,31-34H,1,3,5-11H2,(H,24,30)(H,36,37)(H,38,39)(H,25,29,35);9,11-14,16-17,19-20H,1-8H2,(H,15,18)(H2,21,22,23);10,14H,1-7H2,(H,9,11);2-6,8-10H,1,7H2,(H2,11,12,13)/p-6/t12?,13?,16?,17-,18?,19+,20?,21?,22+;9?,11?,12-,13+,14+;;2?,3?,4-,5+,6+/m00.0/s1. The van der Waals surface area contributed by atoms with Gasteiger partial charge < -0.3 is 192 Å². The fourth-order valence-corrected chi connectivity index (χ4v) is 11.9. The Hall–Kier alpha value is -3.08. The predicted octanol–water partition coefficient (Wildman–Crippen LogP) is -15.2. The van der Waals surface area contributed by atoms with Crippen LogP contribution in [-0.4, -0.2) is 335 Å². The number of phosphoric acid groups is 4. The van der Waals surface area contributed by atoms with Crippen LogP contribution < -0.4 is 61.7 Å². The van der Waals surface area contributed by atoms with Crippen molar-refractivity contribution in [3.05, 3.63) is 33.1 Å². The fraction of sp³-hybridized carbons (Fsp3) is 0.863. The first-order valence-corrected chi connectivity index (χ1v) is 38.0. The number of aliphatic hydroxyl groups is 14. The molecule has 4 fully saturated rings. The first-order chi connectivity index (χ1) is 49.8. The van der Waals surface area contributed by atoms with Crippen LogP contribution in [0.4, 0.5) is 0 Å². The van der Waals surface area contributed by atoms with Crippen LogP contribution in [0.3, 0.4) is 0 Å². The number of carbonyl (C=O) groups is 3. The molecule has 0 spiro atoms. The van der Waals surface area contributed by atoms with Crippen LogP contribution in [0.5, 0.6) is 0 Å². The molecule has 3 amide bonds. The summed E-state index contributed by atoms with van der Waals surface area (Å²) < 4.78 is 121. The van der Waals surface area contributed by atoms with Crippen molar-refractivity contribution >= 4 is 61.8 Å². The highest BCUT2D eigenvalue weighted by molar-refractivity contribution is 7.78. The van der Waals surface area contributed by atoms with E-state index in [-0.39, 0.29) is 78.2 Å². The van der Waals surface area contributed by atoms with Gasteiger partial charge in [0, 0.05) is 64.7 Å². The van der Waals surface area contributed by atoms with Crippen molar-refractivity contribution in [2.24, 2.45) is 5.73 Å². The first-order valence-electron chi connectivity index (χ1n) is 31.7. The lowest BCUT2D eigenvalue weighted by Crippen LogP contribution is -2.64. The van der Waals surface area contributed by atoms with Gasteiger partial charge in [0.1, 0.15) is 85.3 Å². The maximum atomic E-state index is 12.6. The number of thiol groups is 1. The van der Waals surface area contributed by atoms with Crippen LogP contribution >= 0.6 is 44.1 Å². The molecule has 1 aromatic heterocycles. The number of hydrogen-bond acceptors (Lipinski definition) is 46. The van der Waals surface area contributed by atoms with E-state index in [9.17, 15) is 118 Å². The smallest absolute Gasteiger partial charge is 0.330 e. The molecule has 55 heteroatoms. The molecule has 0 radical (unpaired) electrons. The Morgan fingerprint density at radius 1 is 0.491 bits per heavy atom. The molecule has 0 bridgehead atoms. The normalized spacial score (nSPS) is 29.3. The molecular weight excluding hydrogens is 1560 g/mol. The van der Waals surface area contributed by atoms with E-state index in [1.807, 2.05) is 4.98 Å². The van der Waals surface area contributed by atoms with E-state index >= 15 is 0 Å². The third-order valence-corrected chi connectivity index (χ3v) is 17.8. The second kappa shape index (κ2) is 51.5. The van der Waals surface area contributed by atoms with Crippen LogP contribution in [0.2, 0.25) is 0 Å². The summed E-state index contributed by atoms with van der Waals surface area (Å²) in [6.45, 7) is -0.400. The minimum Gasteiger partial charge on any atom is -0.790 e. The molecule has 4 aliphatic rings. The van der Waals surface area contributed by atoms with Gasteiger partial charge in [-0.15, -0.1) is 0 Å². The molecule has 0 aliphatic carbocycles. The highest BCUT2D eigenvalue weighted by Gasteiger charge is 2.50. The lowest BCUT2D eigenvalue weighted by atomic mass is 9.97. The molecule has 106 heavy (non-hydrogen) atoms. The molecule has 1 aromatic rings. The average molecular weight is 1650 g/mol. The van der Waals surface area contributed by atoms with Gasteiger partial charge in [-0.25, -0.2) is 9.11 Å². The Morgan fingerprint density at radius 3 is 1.25 bits per heavy atom. The summed E-state index contributed by atoms with van der Waals surface area (Å²) in [6, 6.07) is -3.92. The van der Waals surface area contributed by atoms with Crippen molar-refractivity contribution in [1.82, 2.24) is 24.9 Å². The van der Waals surface area contributed by atoms with Gasteiger partial charge >= 0.3 is 5.69 Å². The number of ether oxygens (including phenoxy) is 10. The van der Waals surface area contributed by atoms with Gasteiger partial charge in [-0.3, -0.25) is 42.4 Å². The second-order valence-electron chi connectivity index (χ2n) is 22.1. The minimum atomic E-state index is -6.04. The molecular formula is C51H92N6O44P4S-6. The summed E-state index contributed by atoms with van der Waals surface area (Å²) in [5.74, 6) is -1.70. The molecule has 0 saturated carbocycles. The molecule has 5 rings (SSSR count). The van der Waals surface area contributed by atoms with Gasteiger partial charge in [-0.1, -0.05) is 12.8 Å². The number of nitrogens with zero attached hydrogens (tertiary/aromatic N) is 1. The van der Waals surface area contributed by atoms with Crippen LogP contribution in [0.15, 0.2) is 21.9 Å². The number of carbonyl (C=O) groups excluding carboxylic acids is 3. The lowest BCUT2D eigenvalue weighted by Gasteiger charge is -2.45. The second-order valence-corrected chi connectivity index (χ2v) is 27.5. The molecule has 5 heterocycles. The van der Waals surface area contributed by atoms with Gasteiger partial charge in [-0.2, -0.15) is 0 Å². The zero-order chi connectivity index (χ0) is 80.0. The van der Waals surface area contributed by atoms with Crippen molar-refractivity contribution < 1.29 is 203 Å². The van der Waals surface area contributed by atoms with Gasteiger partial charge in [-0.05, 0) is 19.3 Å². The molecule has 0 aromatic carbocycles. The van der Waals surface area contributed by atoms with Crippen molar-refractivity contribution in [3.8, 4) is 0 Å². The van der Waals surface area contributed by atoms with Gasteiger partial charge in [0.2, 0.25) is 17.7 Å². The van der Waals surface area contributed by atoms with Crippen LogP contribution in [0.25, 0.3) is 0 Å². The lowest BCUT2D eigenvalue weighted by molar-refractivity contribution is -0.363. The number of aromatic nitrogens is 2. The van der Waals surface area contributed by atoms with E-state index in [0.717, 1.165) is 12.3 Å². The number of nitrogens with one attached hydrogen (secondary N) is 4. The summed E-state index contributed by atoms with van der Waals surface area (Å²) in [5, 5.41) is 137. The Bertz CT molecular complexity index is 2970. The Balaban J connectivity index is 0.000000549. The van der Waals surface area contributed by atoms with Crippen LogP contribution in [-0.2, 0) is 102 Å². The Kier molecular flexibility index (Phi) is 48.1. The van der Waals surface area contributed by atoms with E-state index in [1.165, 1.54) is 0 Å². The number of aromatic amines is 1. The van der Waals surface area contributed by atoms with Crippen molar-refractivity contribution in [3.63, 3.8) is 0 Å². The SMILES string of the molecule is NC1[C@@H](OP(=O)([O-])[O-])OC(CO)[C@H](O)[C@@H]1O.O=C(CCOCCOCCCO)NC1[C@@H](OP(=O)([O-])OP(=O)([O-])OCC2OC(n3ccc(=O)[nH]c3=O)C(O)C2O)OC(CO)[C@H](O)[C@@H]1O.O=C(CCOCCOCCCO)NC1[C@@H](OP(=O)([O-])[O-])OC(CO)[C@H](O)[C@@H]1O.O=C(CCOCCOCCCO)NS. The highest BCUT2D eigenvalue weighted by Crippen LogP contribution is 2.57. The molecule has 20 N–H and O–H groups in total. The first kappa shape index (κ1) is 99.0. The zero-order valence-corrected chi connectivity index (χ0v) is 60.5. The van der Waals surface area contributed by atoms with Gasteiger partial charge in [0.15, 0.2) is 25.1 Å². The summed E-state index contributed by atoms with van der Waals surface area (Å²) in [5.41, 5.74) is 3.49. The van der Waals surface area contributed by atoms with Gasteiger partial charge in [0.05, 0.1) is 114 Å². The zero-order valence-electron chi connectivity index (χ0n) is 56.1. The number of phosphoric ester groups is 4. The minimum absolute atomic E-state index is 0.0182. The van der Waals surface area contributed by atoms with Crippen molar-refractivity contribution in [2.75, 3.05) is 126 Å². The number of hydrogen-bond donors (Lipinski definition) is 20. The number of amides is 3. The average Bonchev–Trinajstić information content (AvgIpc) is 1.28. The van der Waals surface area contributed by atoms with E-state index < -0.39 is 197 Å². The van der Waals surface area contributed by atoms with Gasteiger partial charge in [0.25, 0.3) is 21.2 Å². The molecule has 12 unspecified atom stereocenters. The third-order valence-electron chi connectivity index (χ3n) is 14.1. The molecule has 50 nitrogen and oxygen atoms in total. The maximum absolute atomic E-state index is 12.6. The number of aliphatic hydroxyl groups excluding tert-OH is 14. The topological polar surface area (TPSA) is 796 Å². The highest BCUT2D eigenvalue weighted by atomic mass is 32.1. The van der Waals surface area contributed by atoms with Crippen LogP contribution in [0, 0.1) is 0 Å². The van der Waals surface area contributed by atoms with E-state index in [2.05, 4.69) is 50.6 Å². The van der Waals surface area contributed by atoms with E-state index in [1.54, 1.807) is 0 Å². The Morgan fingerprint density at radius 2 is 0.858 bits per heavy atom. The largest absolute Gasteiger partial charge is 0.790 e. The predicted molar refractivity (Wildman–Crippen MR) is 334 cm³/mol. The summed E-state index contributed by atoms with van der Waals surface area (Å²) in [4.78, 5) is 128. The molecule has 4 aliphatic heterocycles.